The molecule has 50 heavy (non-hydrogen) atoms. The molecule has 0 radical (unpaired) electrons. The van der Waals surface area contributed by atoms with Crippen LogP contribution in [0.15, 0.2) is 12.1 Å². The molecule has 0 N–H and O–H groups in total. The highest BCUT2D eigenvalue weighted by Gasteiger charge is 2.54. The number of fused-ring (bicyclic) bond motifs is 3. The van der Waals surface area contributed by atoms with Gasteiger partial charge in [-0.3, -0.25) is 14.3 Å². The summed E-state index contributed by atoms with van der Waals surface area (Å²) in [5.74, 6) is 1.63. The van der Waals surface area contributed by atoms with Gasteiger partial charge in [0, 0.05) is 66.4 Å². The van der Waals surface area contributed by atoms with Gasteiger partial charge >= 0.3 is 0 Å². The lowest BCUT2D eigenvalue weighted by molar-refractivity contribution is -0.124. The summed E-state index contributed by atoms with van der Waals surface area (Å²) in [5, 5.41) is 5.31. The summed E-state index contributed by atoms with van der Waals surface area (Å²) in [6.45, 7) is 26.2. The molecule has 6 rings (SSSR count). The van der Waals surface area contributed by atoms with Gasteiger partial charge in [0.2, 0.25) is 5.91 Å². The van der Waals surface area contributed by atoms with Gasteiger partial charge in [-0.1, -0.05) is 53.1 Å². The molecule has 2 aromatic heterocycles. The van der Waals surface area contributed by atoms with Gasteiger partial charge in [0.15, 0.2) is 5.82 Å². The number of hydrogen-bond acceptors (Lipinski definition) is 7. The summed E-state index contributed by atoms with van der Waals surface area (Å²) in [6.07, 6.45) is 4.13. The third-order valence-corrected chi connectivity index (χ3v) is 14.7. The first-order chi connectivity index (χ1) is 23.6. The van der Waals surface area contributed by atoms with Gasteiger partial charge in [-0.2, -0.15) is 5.10 Å². The molecule has 3 aromatic rings. The van der Waals surface area contributed by atoms with Gasteiger partial charge in [0.1, 0.15) is 19.2 Å². The van der Waals surface area contributed by atoms with E-state index in [0.29, 0.717) is 38.0 Å². The molecule has 0 spiro atoms. The Kier molecular flexibility index (Phi) is 10.9. The largest absolute Gasteiger partial charge is 0.379 e. The van der Waals surface area contributed by atoms with Gasteiger partial charge < -0.3 is 19.1 Å². The summed E-state index contributed by atoms with van der Waals surface area (Å²) >= 11 is 0. The lowest BCUT2D eigenvalue weighted by atomic mass is 9.87. The highest BCUT2D eigenvalue weighted by molar-refractivity contribution is 6.76. The first-order valence-corrected chi connectivity index (χ1v) is 26.4. The molecular weight excluding hydrogens is 661 g/mol. The standard InChI is InChI=1S/C38H62N6O4Si2/c1-11-28-20-30(41(4)37(45)27(2)42-12-14-46-15-13-42)22-32-35(28)43(25-47-16-18-49(5,6)7)36(39-32)34-31-21-29-23-38(29,3)24-33(31)44(40-34)26-48-17-19-50(8,9)10/h20,22,27,29H,11-19,21,23-26H2,1-10H3/t27-,29+,38+/m0/s1. The fourth-order valence-corrected chi connectivity index (χ4v) is 9.11. The Bertz CT molecular complexity index is 1680. The minimum Gasteiger partial charge on any atom is -0.379 e. The zero-order chi connectivity index (χ0) is 36.0. The summed E-state index contributed by atoms with van der Waals surface area (Å²) in [4.78, 5) is 23.2. The van der Waals surface area contributed by atoms with Crippen molar-refractivity contribution in [2.24, 2.45) is 11.3 Å². The van der Waals surface area contributed by atoms with Crippen molar-refractivity contribution in [2.45, 2.75) is 117 Å². The zero-order valence-electron chi connectivity index (χ0n) is 32.5. The van der Waals surface area contributed by atoms with E-state index in [4.69, 9.17) is 24.3 Å². The van der Waals surface area contributed by atoms with E-state index in [-0.39, 0.29) is 11.9 Å². The van der Waals surface area contributed by atoms with E-state index in [2.05, 4.69) is 79.4 Å². The van der Waals surface area contributed by atoms with Crippen LogP contribution in [0.2, 0.25) is 51.4 Å². The second-order valence-corrected chi connectivity index (χ2v) is 29.1. The molecule has 3 heterocycles. The molecule has 0 unspecified atom stereocenters. The van der Waals surface area contributed by atoms with Crippen LogP contribution < -0.4 is 4.90 Å². The van der Waals surface area contributed by atoms with Crippen molar-refractivity contribution < 1.29 is 19.0 Å². The van der Waals surface area contributed by atoms with E-state index in [0.717, 1.165) is 91.5 Å². The van der Waals surface area contributed by atoms with E-state index in [9.17, 15) is 4.79 Å². The fourth-order valence-electron chi connectivity index (χ4n) is 7.60. The molecule has 2 fully saturated rings. The minimum absolute atomic E-state index is 0.0806. The maximum absolute atomic E-state index is 13.8. The van der Waals surface area contributed by atoms with Crippen LogP contribution in [0.5, 0.6) is 0 Å². The summed E-state index contributed by atoms with van der Waals surface area (Å²) in [6, 6.07) is 6.27. The maximum atomic E-state index is 13.8. The Morgan fingerprint density at radius 2 is 1.72 bits per heavy atom. The molecule has 1 amide bonds. The van der Waals surface area contributed by atoms with Crippen molar-refractivity contribution in [3.63, 3.8) is 0 Å². The second-order valence-electron chi connectivity index (χ2n) is 17.8. The Morgan fingerprint density at radius 1 is 1.06 bits per heavy atom. The number of aryl methyl sites for hydroxylation is 1. The smallest absolute Gasteiger partial charge is 0.243 e. The van der Waals surface area contributed by atoms with Crippen LogP contribution in [0, 0.1) is 11.3 Å². The number of amides is 1. The predicted octanol–water partition coefficient (Wildman–Crippen LogP) is 6.90. The maximum Gasteiger partial charge on any atom is 0.243 e. The monoisotopic (exact) mass is 722 g/mol. The Balaban J connectivity index is 1.39. The molecule has 3 atom stereocenters. The number of anilines is 1. The third-order valence-electron chi connectivity index (χ3n) is 11.3. The molecular formula is C38H62N6O4Si2. The van der Waals surface area contributed by atoms with Crippen molar-refractivity contribution in [3.05, 3.63) is 29.0 Å². The fraction of sp³-hybridized carbons (Fsp3) is 0.711. The number of imidazole rings is 1. The van der Waals surface area contributed by atoms with Gasteiger partial charge in [0.05, 0.1) is 30.3 Å². The summed E-state index contributed by atoms with van der Waals surface area (Å²) in [7, 11) is -0.566. The number of nitrogens with zero attached hydrogens (tertiary/aromatic N) is 6. The molecule has 2 aliphatic carbocycles. The summed E-state index contributed by atoms with van der Waals surface area (Å²) < 4.78 is 22.7. The number of aromatic nitrogens is 4. The SMILES string of the molecule is CCc1cc(N(C)C(=O)[C@H](C)N2CCOCC2)cc2nc(-c3nn(COCC[Si](C)(C)C)c4c3C[C@@H]3C[C@]3(C)C4)n(COCC[Si](C)(C)C)c12. The van der Waals surface area contributed by atoms with Crippen LogP contribution in [-0.2, 0) is 51.7 Å². The molecule has 12 heteroatoms. The predicted molar refractivity (Wildman–Crippen MR) is 207 cm³/mol. The Labute approximate surface area is 301 Å². The van der Waals surface area contributed by atoms with Gasteiger partial charge in [0.25, 0.3) is 0 Å². The molecule has 1 saturated carbocycles. The summed E-state index contributed by atoms with van der Waals surface area (Å²) in [5.41, 5.74) is 7.92. The topological polar surface area (TPSA) is 86.9 Å². The van der Waals surface area contributed by atoms with E-state index < -0.39 is 16.1 Å². The number of ether oxygens (including phenoxy) is 3. The quantitative estimate of drug-likeness (QED) is 0.125. The highest BCUT2D eigenvalue weighted by Crippen LogP contribution is 2.60. The van der Waals surface area contributed by atoms with E-state index in [1.807, 2.05) is 18.9 Å². The van der Waals surface area contributed by atoms with Crippen molar-refractivity contribution in [2.75, 3.05) is 51.5 Å². The van der Waals surface area contributed by atoms with Crippen LogP contribution in [-0.4, -0.2) is 98.9 Å². The van der Waals surface area contributed by atoms with Crippen LogP contribution in [0.1, 0.15) is 44.0 Å². The number of rotatable bonds is 15. The van der Waals surface area contributed by atoms with Crippen molar-refractivity contribution in [3.8, 4) is 11.5 Å². The molecule has 276 valence electrons. The van der Waals surface area contributed by atoms with E-state index in [1.165, 1.54) is 17.7 Å². The van der Waals surface area contributed by atoms with E-state index in [1.54, 1.807) is 0 Å². The average molecular weight is 723 g/mol. The molecule has 1 saturated heterocycles. The lowest BCUT2D eigenvalue weighted by Gasteiger charge is -2.33. The first kappa shape index (κ1) is 37.4. The van der Waals surface area contributed by atoms with Gasteiger partial charge in [-0.25, -0.2) is 9.67 Å². The molecule has 1 aromatic carbocycles. The second kappa shape index (κ2) is 14.6. The lowest BCUT2D eigenvalue weighted by Crippen LogP contribution is -2.50. The van der Waals surface area contributed by atoms with Crippen LogP contribution >= 0.6 is 0 Å². The average Bonchev–Trinajstić information content (AvgIpc) is 3.42. The number of carbonyl (C=O) groups excluding carboxylic acids is 1. The number of hydrogen-bond donors (Lipinski definition) is 0. The highest BCUT2D eigenvalue weighted by atomic mass is 28.3. The molecule has 1 aliphatic heterocycles. The Morgan fingerprint density at radius 3 is 2.36 bits per heavy atom. The molecule has 10 nitrogen and oxygen atoms in total. The number of morpholine rings is 1. The normalized spacial score (nSPS) is 21.7. The van der Waals surface area contributed by atoms with Crippen molar-refractivity contribution in [1.29, 1.82) is 0 Å². The molecule has 0 bridgehead atoms. The third kappa shape index (κ3) is 8.15. The number of benzene rings is 1. The van der Waals surface area contributed by atoms with Crippen LogP contribution in [0.25, 0.3) is 22.6 Å². The Hall–Kier alpha value is -2.36. The molecule has 3 aliphatic rings. The zero-order valence-corrected chi connectivity index (χ0v) is 34.5. The van der Waals surface area contributed by atoms with Crippen LogP contribution in [0.3, 0.4) is 0 Å². The first-order valence-electron chi connectivity index (χ1n) is 19.0. The number of carbonyl (C=O) groups is 1. The van der Waals surface area contributed by atoms with Gasteiger partial charge in [-0.15, -0.1) is 0 Å². The van der Waals surface area contributed by atoms with Crippen molar-refractivity contribution in [1.82, 2.24) is 24.2 Å². The van der Waals surface area contributed by atoms with Crippen molar-refractivity contribution >= 4 is 38.8 Å². The van der Waals surface area contributed by atoms with Crippen LogP contribution in [0.4, 0.5) is 5.69 Å². The van der Waals surface area contributed by atoms with Gasteiger partial charge in [-0.05, 0) is 73.7 Å². The van der Waals surface area contributed by atoms with E-state index >= 15 is 0 Å². The minimum atomic E-state index is -1.26. The number of likely N-dealkylation sites (N-methyl/N-ethyl adjacent to an activating group) is 1.